The minimum absolute atomic E-state index is 0.177. The van der Waals surface area contributed by atoms with Gasteiger partial charge in [-0.1, -0.05) is 24.3 Å². The molecule has 6 heteroatoms. The van der Waals surface area contributed by atoms with Crippen molar-refractivity contribution >= 4 is 17.7 Å². The van der Waals surface area contributed by atoms with Gasteiger partial charge in [-0.3, -0.25) is 9.59 Å². The first-order valence-electron chi connectivity index (χ1n) is 8.27. The van der Waals surface area contributed by atoms with E-state index in [4.69, 9.17) is 4.74 Å². The van der Waals surface area contributed by atoms with Crippen molar-refractivity contribution in [2.75, 3.05) is 20.1 Å². The predicted octanol–water partition coefficient (Wildman–Crippen LogP) is 2.80. The number of amides is 1. The fourth-order valence-corrected chi connectivity index (χ4v) is 2.42. The van der Waals surface area contributed by atoms with Crippen molar-refractivity contribution in [1.29, 1.82) is 0 Å². The standard InChI is InChI=1S/C19H24N2O4/c1-19(2,3)25-18(24)21(4)11-7-10-20-15-12-16(22)13-8-5-6-9-14(13)17(15)23/h5-6,8-9,12,20H,7,10-11H2,1-4H3. The van der Waals surface area contributed by atoms with Crippen LogP contribution in [0.5, 0.6) is 0 Å². The largest absolute Gasteiger partial charge is 0.444 e. The predicted molar refractivity (Wildman–Crippen MR) is 94.7 cm³/mol. The number of rotatable bonds is 5. The number of benzene rings is 1. The zero-order valence-electron chi connectivity index (χ0n) is 15.1. The van der Waals surface area contributed by atoms with E-state index in [1.54, 1.807) is 31.3 Å². The van der Waals surface area contributed by atoms with Crippen LogP contribution in [0.15, 0.2) is 36.0 Å². The lowest BCUT2D eigenvalue weighted by molar-refractivity contribution is 0.0297. The third-order valence-electron chi connectivity index (χ3n) is 3.65. The maximum absolute atomic E-state index is 12.4. The molecule has 1 amide bonds. The molecule has 0 aromatic heterocycles. The first-order valence-corrected chi connectivity index (χ1v) is 8.27. The van der Waals surface area contributed by atoms with Crippen LogP contribution in [0.1, 0.15) is 47.9 Å². The van der Waals surface area contributed by atoms with E-state index in [1.165, 1.54) is 11.0 Å². The highest BCUT2D eigenvalue weighted by Crippen LogP contribution is 2.19. The molecule has 1 aliphatic rings. The summed E-state index contributed by atoms with van der Waals surface area (Å²) in [6, 6.07) is 6.78. The Morgan fingerprint density at radius 1 is 1.16 bits per heavy atom. The Balaban J connectivity index is 1.84. The van der Waals surface area contributed by atoms with Gasteiger partial charge in [-0.15, -0.1) is 0 Å². The molecule has 0 bridgehead atoms. The molecule has 0 fully saturated rings. The molecular weight excluding hydrogens is 320 g/mol. The lowest BCUT2D eigenvalue weighted by Crippen LogP contribution is -2.36. The summed E-state index contributed by atoms with van der Waals surface area (Å²) in [6.07, 6.45) is 1.57. The summed E-state index contributed by atoms with van der Waals surface area (Å²) in [5, 5.41) is 3.00. The molecule has 0 saturated heterocycles. The fourth-order valence-electron chi connectivity index (χ4n) is 2.42. The molecule has 1 N–H and O–H groups in total. The lowest BCUT2D eigenvalue weighted by Gasteiger charge is -2.24. The van der Waals surface area contributed by atoms with Crippen molar-refractivity contribution in [3.05, 3.63) is 47.2 Å². The van der Waals surface area contributed by atoms with E-state index in [9.17, 15) is 14.4 Å². The number of carbonyl (C=O) groups is 3. The summed E-state index contributed by atoms with van der Waals surface area (Å²) >= 11 is 0. The van der Waals surface area contributed by atoms with Crippen LogP contribution in [-0.2, 0) is 4.74 Å². The topological polar surface area (TPSA) is 75.7 Å². The Morgan fingerprint density at radius 2 is 1.80 bits per heavy atom. The van der Waals surface area contributed by atoms with E-state index in [2.05, 4.69) is 5.32 Å². The number of Topliss-reactive ketones (excluding diaryl/α,β-unsaturated/α-hetero) is 1. The van der Waals surface area contributed by atoms with Gasteiger partial charge in [0.15, 0.2) is 5.78 Å². The van der Waals surface area contributed by atoms with Crippen LogP contribution in [0.2, 0.25) is 0 Å². The van der Waals surface area contributed by atoms with Crippen LogP contribution in [0, 0.1) is 0 Å². The van der Waals surface area contributed by atoms with E-state index in [-0.39, 0.29) is 17.7 Å². The Kier molecular flexibility index (Phi) is 5.62. The second kappa shape index (κ2) is 7.51. The molecule has 0 aliphatic heterocycles. The van der Waals surface area contributed by atoms with Crippen LogP contribution >= 0.6 is 0 Å². The highest BCUT2D eigenvalue weighted by atomic mass is 16.6. The van der Waals surface area contributed by atoms with Gasteiger partial charge >= 0.3 is 6.09 Å². The Hall–Kier alpha value is -2.63. The third kappa shape index (κ3) is 4.92. The van der Waals surface area contributed by atoms with Gasteiger partial charge in [0.25, 0.3) is 0 Å². The van der Waals surface area contributed by atoms with Crippen molar-refractivity contribution in [2.45, 2.75) is 32.8 Å². The molecule has 0 saturated carbocycles. The zero-order valence-corrected chi connectivity index (χ0v) is 15.1. The highest BCUT2D eigenvalue weighted by molar-refractivity contribution is 6.24. The summed E-state index contributed by atoms with van der Waals surface area (Å²) in [4.78, 5) is 37.8. The molecule has 1 aliphatic carbocycles. The highest BCUT2D eigenvalue weighted by Gasteiger charge is 2.25. The van der Waals surface area contributed by atoms with Gasteiger partial charge in [0.2, 0.25) is 5.78 Å². The van der Waals surface area contributed by atoms with E-state index in [0.717, 1.165) is 0 Å². The van der Waals surface area contributed by atoms with E-state index in [0.29, 0.717) is 36.3 Å². The van der Waals surface area contributed by atoms with E-state index < -0.39 is 5.60 Å². The van der Waals surface area contributed by atoms with Gasteiger partial charge < -0.3 is 15.0 Å². The number of ketones is 2. The van der Waals surface area contributed by atoms with Gasteiger partial charge in [-0.25, -0.2) is 4.79 Å². The number of nitrogens with zero attached hydrogens (tertiary/aromatic N) is 1. The molecule has 0 heterocycles. The third-order valence-corrected chi connectivity index (χ3v) is 3.65. The number of hydrogen-bond acceptors (Lipinski definition) is 5. The fraction of sp³-hybridized carbons (Fsp3) is 0.421. The quantitative estimate of drug-likeness (QED) is 0.831. The van der Waals surface area contributed by atoms with Gasteiger partial charge in [-0.2, -0.15) is 0 Å². The molecule has 0 atom stereocenters. The Morgan fingerprint density at radius 3 is 2.44 bits per heavy atom. The molecule has 1 aromatic rings. The van der Waals surface area contributed by atoms with Crippen molar-refractivity contribution in [1.82, 2.24) is 10.2 Å². The van der Waals surface area contributed by atoms with Crippen molar-refractivity contribution in [3.8, 4) is 0 Å². The summed E-state index contributed by atoms with van der Waals surface area (Å²) in [5.41, 5.74) is 0.617. The summed E-state index contributed by atoms with van der Waals surface area (Å²) in [7, 11) is 1.67. The zero-order chi connectivity index (χ0) is 18.6. The Bertz CT molecular complexity index is 716. The molecule has 1 aromatic carbocycles. The number of fused-ring (bicyclic) bond motifs is 1. The van der Waals surface area contributed by atoms with E-state index >= 15 is 0 Å². The molecular formula is C19H24N2O4. The van der Waals surface area contributed by atoms with Crippen LogP contribution in [0.4, 0.5) is 4.79 Å². The normalized spacial score (nSPS) is 13.8. The van der Waals surface area contributed by atoms with Crippen molar-refractivity contribution < 1.29 is 19.1 Å². The minimum atomic E-state index is -0.531. The smallest absolute Gasteiger partial charge is 0.410 e. The first-order chi connectivity index (χ1) is 11.7. The lowest BCUT2D eigenvalue weighted by atomic mass is 9.93. The number of nitrogens with one attached hydrogen (secondary N) is 1. The van der Waals surface area contributed by atoms with Crippen LogP contribution in [0.25, 0.3) is 0 Å². The number of allylic oxidation sites excluding steroid dienone is 2. The number of hydrogen-bond donors (Lipinski definition) is 1. The molecule has 2 rings (SSSR count). The minimum Gasteiger partial charge on any atom is -0.444 e. The summed E-state index contributed by atoms with van der Waals surface area (Å²) < 4.78 is 5.27. The number of carbonyl (C=O) groups excluding carboxylic acids is 3. The maximum atomic E-state index is 12.4. The van der Waals surface area contributed by atoms with Gasteiger partial charge in [0, 0.05) is 37.3 Å². The van der Waals surface area contributed by atoms with Crippen LogP contribution in [-0.4, -0.2) is 48.3 Å². The van der Waals surface area contributed by atoms with Crippen molar-refractivity contribution in [2.24, 2.45) is 0 Å². The maximum Gasteiger partial charge on any atom is 0.410 e. The first kappa shape index (κ1) is 18.7. The molecule has 0 unspecified atom stereocenters. The van der Waals surface area contributed by atoms with Crippen LogP contribution in [0.3, 0.4) is 0 Å². The van der Waals surface area contributed by atoms with E-state index in [1.807, 2.05) is 20.8 Å². The molecule has 134 valence electrons. The number of ether oxygens (including phenoxy) is 1. The van der Waals surface area contributed by atoms with Crippen molar-refractivity contribution in [3.63, 3.8) is 0 Å². The molecule has 0 spiro atoms. The second-order valence-corrected chi connectivity index (χ2v) is 6.98. The monoisotopic (exact) mass is 344 g/mol. The van der Waals surface area contributed by atoms with Crippen LogP contribution < -0.4 is 5.32 Å². The Labute approximate surface area is 147 Å². The second-order valence-electron chi connectivity index (χ2n) is 6.98. The summed E-state index contributed by atoms with van der Waals surface area (Å²) in [5.74, 6) is -0.362. The average Bonchev–Trinajstić information content (AvgIpc) is 2.54. The molecule has 0 radical (unpaired) electrons. The van der Waals surface area contributed by atoms with Gasteiger partial charge in [0.1, 0.15) is 5.60 Å². The summed E-state index contributed by atoms with van der Waals surface area (Å²) in [6.45, 7) is 6.40. The van der Waals surface area contributed by atoms with Gasteiger partial charge in [0.05, 0.1) is 5.70 Å². The molecule has 6 nitrogen and oxygen atoms in total. The molecule has 25 heavy (non-hydrogen) atoms. The van der Waals surface area contributed by atoms with Gasteiger partial charge in [-0.05, 0) is 27.2 Å². The average molecular weight is 344 g/mol. The SMILES string of the molecule is CN(CCCNC1=CC(=O)c2ccccc2C1=O)C(=O)OC(C)(C)C.